The smallest absolute Gasteiger partial charge is 0.407 e. The van der Waals surface area contributed by atoms with Crippen LogP contribution in [0.5, 0.6) is 17.2 Å². The molecule has 3 aromatic rings. The fraction of sp³-hybridized carbons (Fsp3) is 0.386. The molecule has 8 N–H and O–H groups in total. The Hall–Kier alpha value is -6.36. The highest BCUT2D eigenvalue weighted by molar-refractivity contribution is 8.00. The van der Waals surface area contributed by atoms with Crippen LogP contribution in [0.4, 0.5) is 4.79 Å². The van der Waals surface area contributed by atoms with Crippen molar-refractivity contribution in [3.63, 3.8) is 0 Å². The Kier molecular flexibility index (Phi) is 12.2. The van der Waals surface area contributed by atoms with Crippen LogP contribution in [-0.2, 0) is 46.2 Å². The van der Waals surface area contributed by atoms with Gasteiger partial charge in [0, 0.05) is 47.3 Å². The van der Waals surface area contributed by atoms with E-state index in [4.69, 9.17) is 18.9 Å². The summed E-state index contributed by atoms with van der Waals surface area (Å²) in [5, 5.41) is 70.5. The lowest BCUT2D eigenvalue weighted by atomic mass is 9.72. The highest BCUT2D eigenvalue weighted by Gasteiger charge is 2.55. The number of benzene rings is 3. The van der Waals surface area contributed by atoms with E-state index in [0.29, 0.717) is 0 Å². The van der Waals surface area contributed by atoms with Crippen molar-refractivity contribution in [1.29, 1.82) is 0 Å². The summed E-state index contributed by atoms with van der Waals surface area (Å²) in [6, 6.07) is 10.9. The average Bonchev–Trinajstić information content (AvgIpc) is 3.28. The number of hydrogen-bond acceptors (Lipinski definition) is 17. The maximum Gasteiger partial charge on any atom is 0.407 e. The molecule has 0 bridgehead atoms. The Morgan fingerprint density at radius 1 is 0.969 bits per heavy atom. The Balaban J connectivity index is 0.984. The van der Waals surface area contributed by atoms with Crippen LogP contribution in [0.3, 0.4) is 0 Å². The maximum atomic E-state index is 14.0. The van der Waals surface area contributed by atoms with E-state index in [1.165, 1.54) is 44.0 Å². The first kappa shape index (κ1) is 45.2. The third-order valence-electron chi connectivity index (χ3n) is 12.2. The Morgan fingerprint density at radius 3 is 2.38 bits per heavy atom. The summed E-state index contributed by atoms with van der Waals surface area (Å²) in [5.41, 5.74) is -4.05. The van der Waals surface area contributed by atoms with Gasteiger partial charge < -0.3 is 60.2 Å². The first-order valence-electron chi connectivity index (χ1n) is 20.4. The maximum absolute atomic E-state index is 14.0. The summed E-state index contributed by atoms with van der Waals surface area (Å²) >= 11 is 1.17. The number of carbonyl (C=O) groups is 7. The van der Waals surface area contributed by atoms with Crippen molar-refractivity contribution >= 4 is 53.0 Å². The standard InChI is InChI=1S/C44H43N3O17S/c1-18-35(51)23(45-43(59)62-16-20-17-65-41-33(40(56)47(41)34(20)42(57)58)46-27(50)11-19-7-4-3-5-8-19)12-28(63-18)64-25-14-44(60,26(49)15-48)13-22-30(25)39(55)32-31(37(22)53)36(52)21-9-6-10-24(61-2)29(21)38(32)54/h3-10,18,23,25,28,33,35,41,48,51,53,55,60H,11-17H2,1-2H3,(H,45,59)(H,46,50)(H,57,58)/t18-,23-,25-,28-,33+,35+,41?,44-/m0/s1. The minimum atomic E-state index is -2.42. The lowest BCUT2D eigenvalue weighted by Crippen LogP contribution is -2.70. The molecule has 2 saturated heterocycles. The van der Waals surface area contributed by atoms with Crippen LogP contribution in [0.1, 0.15) is 74.4 Å². The molecule has 342 valence electrons. The summed E-state index contributed by atoms with van der Waals surface area (Å²) in [4.78, 5) is 93.3. The third-order valence-corrected chi connectivity index (χ3v) is 13.6. The van der Waals surface area contributed by atoms with Crippen molar-refractivity contribution in [1.82, 2.24) is 15.5 Å². The van der Waals surface area contributed by atoms with Crippen LogP contribution in [0.2, 0.25) is 0 Å². The number of Topliss-reactive ketones (excluding diaryl/α,β-unsaturated/α-hetero) is 1. The quantitative estimate of drug-likeness (QED) is 0.0718. The summed E-state index contributed by atoms with van der Waals surface area (Å²) < 4.78 is 22.8. The van der Waals surface area contributed by atoms with Crippen molar-refractivity contribution in [2.24, 2.45) is 0 Å². The predicted molar refractivity (Wildman–Crippen MR) is 222 cm³/mol. The zero-order valence-corrected chi connectivity index (χ0v) is 35.5. The average molecular weight is 918 g/mol. The van der Waals surface area contributed by atoms with E-state index in [9.17, 15) is 64.2 Å². The van der Waals surface area contributed by atoms with Gasteiger partial charge >= 0.3 is 12.1 Å². The molecule has 3 aliphatic heterocycles. The van der Waals surface area contributed by atoms with Gasteiger partial charge in [-0.1, -0.05) is 42.5 Å². The SMILES string of the molecule is COc1cccc2c1C(=O)c1c(O)c3c(c(O)c1C2=O)C[C@@](O)(C(=O)CO)C[C@@H]3O[C@H]1C[C@H](NC(=O)OCC2=C(C(=O)O)N3C(=O)[C@@H](NC(=O)Cc4ccccc4)C3SC2)[C@H](O)[C@H](C)O1. The number of β-lactam (4-membered cyclic amide) rings is 1. The molecule has 1 unspecified atom stereocenters. The van der Waals surface area contributed by atoms with Crippen LogP contribution >= 0.6 is 11.8 Å². The normalized spacial score (nSPS) is 26.8. The molecule has 21 heteroatoms. The highest BCUT2D eigenvalue weighted by Crippen LogP contribution is 2.52. The molecule has 3 aromatic carbocycles. The first-order valence-corrected chi connectivity index (χ1v) is 21.4. The van der Waals surface area contributed by atoms with Crippen LogP contribution in [-0.4, -0.2) is 144 Å². The van der Waals surface area contributed by atoms with Crippen molar-refractivity contribution in [3.05, 3.63) is 98.7 Å². The molecule has 8 atom stereocenters. The number of thioether (sulfide) groups is 1. The van der Waals surface area contributed by atoms with Gasteiger partial charge in [0.1, 0.15) is 59.3 Å². The number of aliphatic hydroxyl groups is 3. The second kappa shape index (κ2) is 17.6. The van der Waals surface area contributed by atoms with Gasteiger partial charge in [0.2, 0.25) is 11.7 Å². The minimum absolute atomic E-state index is 0.0159. The molecule has 0 radical (unpaired) electrons. The molecule has 0 aromatic heterocycles. The number of nitrogens with one attached hydrogen (secondary N) is 2. The number of alkyl carbamates (subject to hydrolysis) is 1. The number of carboxylic acid groups (broad SMARTS) is 1. The zero-order valence-electron chi connectivity index (χ0n) is 34.6. The third kappa shape index (κ3) is 7.97. The van der Waals surface area contributed by atoms with Gasteiger partial charge in [0.25, 0.3) is 5.91 Å². The van der Waals surface area contributed by atoms with Crippen LogP contribution in [0.25, 0.3) is 0 Å². The number of aromatic hydroxyl groups is 2. The molecule has 0 spiro atoms. The molecule has 2 fully saturated rings. The van der Waals surface area contributed by atoms with Gasteiger partial charge in [-0.2, -0.15) is 0 Å². The number of fused-ring (bicyclic) bond motifs is 4. The molecule has 3 amide bonds. The van der Waals surface area contributed by atoms with E-state index in [-0.39, 0.29) is 52.2 Å². The van der Waals surface area contributed by atoms with Crippen LogP contribution < -0.4 is 15.4 Å². The van der Waals surface area contributed by atoms with Gasteiger partial charge in [-0.15, -0.1) is 11.8 Å². The van der Waals surface area contributed by atoms with E-state index in [0.717, 1.165) is 10.5 Å². The monoisotopic (exact) mass is 917 g/mol. The number of ketones is 3. The van der Waals surface area contributed by atoms with Gasteiger partial charge in [0.15, 0.2) is 17.9 Å². The summed E-state index contributed by atoms with van der Waals surface area (Å²) in [6.45, 7) is -0.265. The molecule has 0 saturated carbocycles. The summed E-state index contributed by atoms with van der Waals surface area (Å²) in [6.07, 6.45) is -8.20. The van der Waals surface area contributed by atoms with Crippen LogP contribution in [0, 0.1) is 0 Å². The second-order valence-corrected chi connectivity index (χ2v) is 17.3. The molecule has 20 nitrogen and oxygen atoms in total. The van der Waals surface area contributed by atoms with Gasteiger partial charge in [-0.25, -0.2) is 9.59 Å². The number of methoxy groups -OCH3 is 1. The van der Waals surface area contributed by atoms with Crippen molar-refractivity contribution in [2.45, 2.75) is 80.3 Å². The Labute approximate surface area is 373 Å². The lowest BCUT2D eigenvalue weighted by Gasteiger charge is -2.49. The minimum Gasteiger partial charge on any atom is -0.507 e. The van der Waals surface area contributed by atoms with Gasteiger partial charge in [0.05, 0.1) is 48.5 Å². The second-order valence-electron chi connectivity index (χ2n) is 16.2. The number of aliphatic carboxylic acids is 1. The lowest BCUT2D eigenvalue weighted by molar-refractivity contribution is -0.249. The molecule has 2 aliphatic carbocycles. The number of phenols is 2. The first-order chi connectivity index (χ1) is 31.0. The summed E-state index contributed by atoms with van der Waals surface area (Å²) in [5.74, 6) is -6.89. The Bertz CT molecular complexity index is 2570. The highest BCUT2D eigenvalue weighted by atomic mass is 32.2. The molecule has 5 aliphatic rings. The number of aliphatic hydroxyl groups excluding tert-OH is 2. The van der Waals surface area contributed by atoms with E-state index in [1.807, 2.05) is 0 Å². The summed E-state index contributed by atoms with van der Waals surface area (Å²) in [7, 11) is 1.28. The van der Waals surface area contributed by atoms with Gasteiger partial charge in [-0.05, 0) is 18.6 Å². The molecular formula is C44H43N3O17S. The van der Waals surface area contributed by atoms with Crippen molar-refractivity contribution in [2.75, 3.05) is 26.1 Å². The number of amides is 3. The largest absolute Gasteiger partial charge is 0.507 e. The molecular weight excluding hydrogens is 875 g/mol. The molecule has 8 rings (SSSR count). The number of carbonyl (C=O) groups excluding carboxylic acids is 6. The van der Waals surface area contributed by atoms with E-state index in [2.05, 4.69) is 10.6 Å². The van der Waals surface area contributed by atoms with Crippen LogP contribution in [0.15, 0.2) is 59.8 Å². The number of nitrogens with zero attached hydrogens (tertiary/aromatic N) is 1. The number of ether oxygens (including phenoxy) is 4. The molecule has 3 heterocycles. The topological polar surface area (TPSA) is 305 Å². The zero-order chi connectivity index (χ0) is 46.6. The fourth-order valence-electron chi connectivity index (χ4n) is 9.00. The van der Waals surface area contributed by atoms with E-state index < -0.39 is 143 Å². The number of phenolic OH excluding ortho intramolecular Hbond substituents is 2. The fourth-order valence-corrected chi connectivity index (χ4v) is 10.3. The number of rotatable bonds is 12. The predicted octanol–water partition coefficient (Wildman–Crippen LogP) is 0.750. The Morgan fingerprint density at radius 2 is 1.69 bits per heavy atom. The van der Waals surface area contributed by atoms with E-state index in [1.54, 1.807) is 30.3 Å². The van der Waals surface area contributed by atoms with Crippen molar-refractivity contribution in [3.8, 4) is 17.2 Å². The number of hydrogen-bond donors (Lipinski definition) is 8. The number of carboxylic acids is 1. The van der Waals surface area contributed by atoms with E-state index >= 15 is 0 Å². The van der Waals surface area contributed by atoms with Gasteiger partial charge in [-0.3, -0.25) is 28.9 Å². The van der Waals surface area contributed by atoms with Crippen molar-refractivity contribution < 1.29 is 83.1 Å². The molecule has 65 heavy (non-hydrogen) atoms.